The highest BCUT2D eigenvalue weighted by molar-refractivity contribution is 5.96. The zero-order valence-corrected chi connectivity index (χ0v) is 15.8. The van der Waals surface area contributed by atoms with Crippen molar-refractivity contribution in [3.63, 3.8) is 0 Å². The van der Waals surface area contributed by atoms with Crippen LogP contribution in [0.1, 0.15) is 30.6 Å². The van der Waals surface area contributed by atoms with Crippen LogP contribution in [0.4, 0.5) is 4.79 Å². The smallest absolute Gasteiger partial charge is 0.338 e. The van der Waals surface area contributed by atoms with Gasteiger partial charge in [0.15, 0.2) is 0 Å². The molecule has 28 heavy (non-hydrogen) atoms. The Morgan fingerprint density at radius 1 is 1.00 bits per heavy atom. The highest BCUT2D eigenvalue weighted by atomic mass is 16.5. The third kappa shape index (κ3) is 4.14. The average Bonchev–Trinajstić information content (AvgIpc) is 2.71. The molecule has 0 bridgehead atoms. The van der Waals surface area contributed by atoms with Crippen LogP contribution in [0.15, 0.2) is 53.7 Å². The predicted octanol–water partition coefficient (Wildman–Crippen LogP) is 2.91. The van der Waals surface area contributed by atoms with Crippen molar-refractivity contribution in [3.8, 4) is 0 Å². The Bertz CT molecular complexity index is 951. The SMILES string of the molecule is CCOC(=O)C1=C(COC(=O)c2ccc3ccccc3c2)NC(=O)N[C@H]1CC. The van der Waals surface area contributed by atoms with E-state index < -0.39 is 24.0 Å². The predicted molar refractivity (Wildman–Crippen MR) is 104 cm³/mol. The zero-order chi connectivity index (χ0) is 20.1. The molecule has 146 valence electrons. The Hall–Kier alpha value is -3.35. The van der Waals surface area contributed by atoms with Crippen LogP contribution in [0.2, 0.25) is 0 Å². The summed E-state index contributed by atoms with van der Waals surface area (Å²) in [5, 5.41) is 7.17. The molecule has 2 amide bonds. The molecule has 0 radical (unpaired) electrons. The third-order valence-corrected chi connectivity index (χ3v) is 4.48. The molecule has 2 aromatic rings. The summed E-state index contributed by atoms with van der Waals surface area (Å²) in [4.78, 5) is 36.7. The van der Waals surface area contributed by atoms with Crippen LogP contribution in [0.5, 0.6) is 0 Å². The molecule has 0 saturated carbocycles. The number of hydrogen-bond acceptors (Lipinski definition) is 5. The summed E-state index contributed by atoms with van der Waals surface area (Å²) in [5.41, 5.74) is 0.905. The minimum atomic E-state index is -0.543. The van der Waals surface area contributed by atoms with Gasteiger partial charge in [0.05, 0.1) is 29.5 Å². The van der Waals surface area contributed by atoms with Gasteiger partial charge in [-0.25, -0.2) is 14.4 Å². The Kier molecular flexibility index (Phi) is 5.93. The van der Waals surface area contributed by atoms with Gasteiger partial charge in [-0.2, -0.15) is 0 Å². The van der Waals surface area contributed by atoms with Gasteiger partial charge >= 0.3 is 18.0 Å². The second kappa shape index (κ2) is 8.56. The van der Waals surface area contributed by atoms with Gasteiger partial charge in [-0.05, 0) is 36.2 Å². The lowest BCUT2D eigenvalue weighted by Crippen LogP contribution is -2.51. The first-order valence-corrected chi connectivity index (χ1v) is 9.17. The molecule has 2 N–H and O–H groups in total. The molecule has 1 aliphatic heterocycles. The molecule has 7 nitrogen and oxygen atoms in total. The topological polar surface area (TPSA) is 93.7 Å². The Morgan fingerprint density at radius 3 is 2.46 bits per heavy atom. The lowest BCUT2D eigenvalue weighted by Gasteiger charge is -2.28. The van der Waals surface area contributed by atoms with E-state index in [0.717, 1.165) is 10.8 Å². The first-order valence-electron chi connectivity index (χ1n) is 9.17. The number of hydrogen-bond donors (Lipinski definition) is 2. The van der Waals surface area contributed by atoms with E-state index in [0.29, 0.717) is 12.0 Å². The third-order valence-electron chi connectivity index (χ3n) is 4.48. The molecular formula is C21H22N2O5. The monoisotopic (exact) mass is 382 g/mol. The molecule has 7 heteroatoms. The van der Waals surface area contributed by atoms with Gasteiger partial charge in [-0.15, -0.1) is 0 Å². The van der Waals surface area contributed by atoms with Gasteiger partial charge in [-0.1, -0.05) is 37.3 Å². The van der Waals surface area contributed by atoms with E-state index in [-0.39, 0.29) is 24.5 Å². The van der Waals surface area contributed by atoms with Crippen molar-refractivity contribution >= 4 is 28.7 Å². The number of carbonyl (C=O) groups is 3. The van der Waals surface area contributed by atoms with Crippen molar-refractivity contribution in [1.29, 1.82) is 0 Å². The lowest BCUT2D eigenvalue weighted by molar-refractivity contribution is -0.139. The van der Waals surface area contributed by atoms with Crippen LogP contribution in [0, 0.1) is 0 Å². The van der Waals surface area contributed by atoms with E-state index in [1.807, 2.05) is 37.3 Å². The van der Waals surface area contributed by atoms with Crippen LogP contribution in [0.25, 0.3) is 10.8 Å². The number of benzene rings is 2. The van der Waals surface area contributed by atoms with Gasteiger partial charge in [0.1, 0.15) is 6.61 Å². The summed E-state index contributed by atoms with van der Waals surface area (Å²) >= 11 is 0. The molecule has 0 aliphatic carbocycles. The molecule has 0 saturated heterocycles. The molecule has 0 aromatic heterocycles. The van der Waals surface area contributed by atoms with Gasteiger partial charge in [-0.3, -0.25) is 0 Å². The molecule has 1 atom stereocenters. The Balaban J connectivity index is 1.81. The molecule has 1 heterocycles. The summed E-state index contributed by atoms with van der Waals surface area (Å²) in [6.07, 6.45) is 0.504. The number of ether oxygens (including phenoxy) is 2. The molecule has 0 unspecified atom stereocenters. The second-order valence-electron chi connectivity index (χ2n) is 6.31. The van der Waals surface area contributed by atoms with Crippen molar-refractivity contribution in [3.05, 3.63) is 59.3 Å². The average molecular weight is 382 g/mol. The van der Waals surface area contributed by atoms with Crippen molar-refractivity contribution < 1.29 is 23.9 Å². The normalized spacial score (nSPS) is 16.4. The number of rotatable bonds is 6. The molecule has 0 fully saturated rings. The first kappa shape index (κ1) is 19.4. The van der Waals surface area contributed by atoms with E-state index in [1.54, 1.807) is 19.1 Å². The number of nitrogens with one attached hydrogen (secondary N) is 2. The number of urea groups is 1. The van der Waals surface area contributed by atoms with Gasteiger partial charge in [0.25, 0.3) is 0 Å². The Morgan fingerprint density at radius 2 is 1.75 bits per heavy atom. The zero-order valence-electron chi connectivity index (χ0n) is 15.8. The molecule has 0 spiro atoms. The van der Waals surface area contributed by atoms with Gasteiger partial charge < -0.3 is 20.1 Å². The van der Waals surface area contributed by atoms with Crippen LogP contribution in [0.3, 0.4) is 0 Å². The van der Waals surface area contributed by atoms with Crippen molar-refractivity contribution in [2.75, 3.05) is 13.2 Å². The summed E-state index contributed by atoms with van der Waals surface area (Å²) in [6, 6.07) is 12.0. The molecule has 3 rings (SSSR count). The summed E-state index contributed by atoms with van der Waals surface area (Å²) in [7, 11) is 0. The highest BCUT2D eigenvalue weighted by Gasteiger charge is 2.32. The maximum absolute atomic E-state index is 12.5. The van der Waals surface area contributed by atoms with Crippen LogP contribution in [-0.2, 0) is 14.3 Å². The van der Waals surface area contributed by atoms with Gasteiger partial charge in [0, 0.05) is 0 Å². The van der Waals surface area contributed by atoms with Gasteiger partial charge in [0.2, 0.25) is 0 Å². The van der Waals surface area contributed by atoms with E-state index in [4.69, 9.17) is 9.47 Å². The molecule has 2 aromatic carbocycles. The van der Waals surface area contributed by atoms with Crippen molar-refractivity contribution in [1.82, 2.24) is 10.6 Å². The summed E-state index contributed by atoms with van der Waals surface area (Å²) < 4.78 is 10.5. The number of carbonyl (C=O) groups excluding carboxylic acids is 3. The highest BCUT2D eigenvalue weighted by Crippen LogP contribution is 2.19. The van der Waals surface area contributed by atoms with Crippen molar-refractivity contribution in [2.45, 2.75) is 26.3 Å². The fourth-order valence-corrected chi connectivity index (χ4v) is 3.11. The maximum atomic E-state index is 12.5. The first-order chi connectivity index (χ1) is 13.5. The molecule has 1 aliphatic rings. The number of fused-ring (bicyclic) bond motifs is 1. The van der Waals surface area contributed by atoms with Crippen LogP contribution in [-0.4, -0.2) is 37.2 Å². The molecular weight excluding hydrogens is 360 g/mol. The van der Waals surface area contributed by atoms with E-state index in [9.17, 15) is 14.4 Å². The largest absolute Gasteiger partial charge is 0.463 e. The van der Waals surface area contributed by atoms with E-state index in [1.165, 1.54) is 0 Å². The summed E-state index contributed by atoms with van der Waals surface area (Å²) in [5.74, 6) is -1.08. The minimum Gasteiger partial charge on any atom is -0.463 e. The fraction of sp³-hybridized carbons (Fsp3) is 0.286. The maximum Gasteiger partial charge on any atom is 0.338 e. The standard InChI is InChI=1S/C21H22N2O5/c1-3-16-18(20(25)27-4-2)17(23-21(26)22-16)12-28-19(24)15-10-9-13-7-5-6-8-14(13)11-15/h5-11,16H,3-4,12H2,1-2H3,(H2,22,23,26)/t16-/m0/s1. The van der Waals surface area contributed by atoms with Crippen molar-refractivity contribution in [2.24, 2.45) is 0 Å². The Labute approximate surface area is 162 Å². The van der Waals surface area contributed by atoms with E-state index >= 15 is 0 Å². The van der Waals surface area contributed by atoms with Crippen LogP contribution >= 0.6 is 0 Å². The number of amides is 2. The number of esters is 2. The summed E-state index contributed by atoms with van der Waals surface area (Å²) in [6.45, 7) is 3.52. The van der Waals surface area contributed by atoms with Crippen LogP contribution < -0.4 is 10.6 Å². The lowest BCUT2D eigenvalue weighted by atomic mass is 10.0. The minimum absolute atomic E-state index is 0.205. The van der Waals surface area contributed by atoms with E-state index in [2.05, 4.69) is 10.6 Å². The second-order valence-corrected chi connectivity index (χ2v) is 6.31. The quantitative estimate of drug-likeness (QED) is 0.750. The fourth-order valence-electron chi connectivity index (χ4n) is 3.11.